The lowest BCUT2D eigenvalue weighted by Crippen LogP contribution is -2.59. The van der Waals surface area contributed by atoms with Gasteiger partial charge in [0.15, 0.2) is 0 Å². The lowest BCUT2D eigenvalue weighted by Gasteiger charge is -2.42. The van der Waals surface area contributed by atoms with E-state index in [-0.39, 0.29) is 17.9 Å². The zero-order chi connectivity index (χ0) is 12.1. The van der Waals surface area contributed by atoms with Gasteiger partial charge in [0.2, 0.25) is 5.91 Å². The number of esters is 1. The monoisotopic (exact) mass is 223 g/mol. The summed E-state index contributed by atoms with van der Waals surface area (Å²) in [5.74, 6) is -0.410. The highest BCUT2D eigenvalue weighted by atomic mass is 16.5. The Hall–Kier alpha value is -1.58. The molecule has 4 heteroatoms. The molecule has 88 valence electrons. The fourth-order valence-corrected chi connectivity index (χ4v) is 1.78. The van der Waals surface area contributed by atoms with Crippen LogP contribution in [0.1, 0.15) is 19.8 Å². The predicted molar refractivity (Wildman–Crippen MR) is 60.7 cm³/mol. The summed E-state index contributed by atoms with van der Waals surface area (Å²) in [7, 11) is 0. The minimum atomic E-state index is -0.554. The van der Waals surface area contributed by atoms with Gasteiger partial charge in [-0.2, -0.15) is 0 Å². The molecule has 0 aromatic carbocycles. The summed E-state index contributed by atoms with van der Waals surface area (Å²) < 4.78 is 4.94. The van der Waals surface area contributed by atoms with Gasteiger partial charge in [0, 0.05) is 0 Å². The van der Waals surface area contributed by atoms with Crippen molar-refractivity contribution < 1.29 is 14.3 Å². The second kappa shape index (κ2) is 5.49. The van der Waals surface area contributed by atoms with Crippen molar-refractivity contribution >= 4 is 11.9 Å². The van der Waals surface area contributed by atoms with Crippen molar-refractivity contribution in [2.75, 3.05) is 6.61 Å². The van der Waals surface area contributed by atoms with Crippen molar-refractivity contribution in [3.05, 3.63) is 25.3 Å². The number of amides is 1. The summed E-state index contributed by atoms with van der Waals surface area (Å²) in [6, 6.07) is -0.608. The van der Waals surface area contributed by atoms with Crippen molar-refractivity contribution in [2.45, 2.75) is 31.8 Å². The van der Waals surface area contributed by atoms with E-state index in [0.29, 0.717) is 19.4 Å². The maximum Gasteiger partial charge on any atom is 0.329 e. The number of rotatable bonds is 6. The van der Waals surface area contributed by atoms with Crippen LogP contribution in [-0.2, 0) is 14.3 Å². The van der Waals surface area contributed by atoms with Crippen LogP contribution < -0.4 is 0 Å². The van der Waals surface area contributed by atoms with Crippen molar-refractivity contribution in [2.24, 2.45) is 0 Å². The Kier molecular flexibility index (Phi) is 4.28. The van der Waals surface area contributed by atoms with Crippen LogP contribution in [0.25, 0.3) is 0 Å². The molecule has 16 heavy (non-hydrogen) atoms. The second-order valence-corrected chi connectivity index (χ2v) is 3.60. The standard InChI is InChI=1S/C12H17NO3/c1-4-7-10(12(15)16-6-3)13-9(5-2)8-11(13)14/h4-5,9-10H,1-2,6-8H2,3H3. The Morgan fingerprint density at radius 3 is 2.81 bits per heavy atom. The molecule has 4 nitrogen and oxygen atoms in total. The number of nitrogens with zero attached hydrogens (tertiary/aromatic N) is 1. The minimum absolute atomic E-state index is 0.0372. The molecular weight excluding hydrogens is 206 g/mol. The maximum absolute atomic E-state index is 11.7. The molecule has 0 N–H and O–H groups in total. The van der Waals surface area contributed by atoms with Crippen molar-refractivity contribution in [3.8, 4) is 0 Å². The number of carbonyl (C=O) groups is 2. The molecular formula is C12H17NO3. The summed E-state index contributed by atoms with van der Waals surface area (Å²) in [4.78, 5) is 24.7. The topological polar surface area (TPSA) is 46.6 Å². The predicted octanol–water partition coefficient (Wildman–Crippen LogP) is 1.28. The molecule has 1 heterocycles. The summed E-state index contributed by atoms with van der Waals surface area (Å²) >= 11 is 0. The van der Waals surface area contributed by atoms with E-state index in [1.807, 2.05) is 0 Å². The van der Waals surface area contributed by atoms with Gasteiger partial charge in [-0.15, -0.1) is 13.2 Å². The Balaban J connectivity index is 2.75. The largest absolute Gasteiger partial charge is 0.464 e. The zero-order valence-corrected chi connectivity index (χ0v) is 9.52. The Morgan fingerprint density at radius 1 is 1.69 bits per heavy atom. The van der Waals surface area contributed by atoms with Crippen LogP contribution in [0.15, 0.2) is 25.3 Å². The van der Waals surface area contributed by atoms with Gasteiger partial charge in [-0.3, -0.25) is 4.79 Å². The average molecular weight is 223 g/mol. The van der Waals surface area contributed by atoms with Crippen LogP contribution in [0.5, 0.6) is 0 Å². The number of hydrogen-bond acceptors (Lipinski definition) is 3. The maximum atomic E-state index is 11.7. The lowest BCUT2D eigenvalue weighted by atomic mass is 9.97. The van der Waals surface area contributed by atoms with Crippen LogP contribution in [0, 0.1) is 0 Å². The molecule has 0 aliphatic carbocycles. The van der Waals surface area contributed by atoms with Gasteiger partial charge in [0.25, 0.3) is 0 Å². The second-order valence-electron chi connectivity index (χ2n) is 3.60. The van der Waals surface area contributed by atoms with E-state index >= 15 is 0 Å². The SMILES string of the molecule is C=CCC(C(=O)OCC)N1C(=O)CC1C=C. The smallest absolute Gasteiger partial charge is 0.329 e. The summed E-state index contributed by atoms with van der Waals surface area (Å²) in [5, 5.41) is 0. The third kappa shape index (κ3) is 2.32. The van der Waals surface area contributed by atoms with E-state index in [9.17, 15) is 9.59 Å². The quantitative estimate of drug-likeness (QED) is 0.387. The molecule has 1 amide bonds. The van der Waals surface area contributed by atoms with Crippen molar-refractivity contribution in [1.29, 1.82) is 0 Å². The van der Waals surface area contributed by atoms with E-state index in [2.05, 4.69) is 13.2 Å². The van der Waals surface area contributed by atoms with Gasteiger partial charge in [-0.1, -0.05) is 12.2 Å². The Morgan fingerprint density at radius 2 is 2.38 bits per heavy atom. The van der Waals surface area contributed by atoms with Gasteiger partial charge in [-0.25, -0.2) is 4.79 Å². The summed E-state index contributed by atoms with van der Waals surface area (Å²) in [5.41, 5.74) is 0. The Bertz CT molecular complexity index is 311. The van der Waals surface area contributed by atoms with Gasteiger partial charge < -0.3 is 9.64 Å². The highest BCUT2D eigenvalue weighted by molar-refractivity contribution is 5.89. The fraction of sp³-hybridized carbons (Fsp3) is 0.500. The zero-order valence-electron chi connectivity index (χ0n) is 9.52. The average Bonchev–Trinajstić information content (AvgIpc) is 2.25. The number of β-lactam (4-membered cyclic amide) rings is 1. The minimum Gasteiger partial charge on any atom is -0.464 e. The van der Waals surface area contributed by atoms with E-state index < -0.39 is 6.04 Å². The molecule has 0 bridgehead atoms. The summed E-state index contributed by atoms with van der Waals surface area (Å²) in [6.07, 6.45) is 4.13. The molecule has 0 spiro atoms. The first-order valence-electron chi connectivity index (χ1n) is 5.36. The lowest BCUT2D eigenvalue weighted by molar-refractivity contribution is -0.162. The van der Waals surface area contributed by atoms with Crippen LogP contribution in [-0.4, -0.2) is 35.5 Å². The van der Waals surface area contributed by atoms with Crippen LogP contribution in [0.2, 0.25) is 0 Å². The highest BCUT2D eigenvalue weighted by Crippen LogP contribution is 2.25. The van der Waals surface area contributed by atoms with Crippen LogP contribution >= 0.6 is 0 Å². The van der Waals surface area contributed by atoms with Crippen LogP contribution in [0.4, 0.5) is 0 Å². The van der Waals surface area contributed by atoms with E-state index in [4.69, 9.17) is 4.74 Å². The molecule has 1 saturated heterocycles. The van der Waals surface area contributed by atoms with Gasteiger partial charge >= 0.3 is 5.97 Å². The number of likely N-dealkylation sites (tertiary alicyclic amines) is 1. The molecule has 0 radical (unpaired) electrons. The fourth-order valence-electron chi connectivity index (χ4n) is 1.78. The third-order valence-electron chi connectivity index (χ3n) is 2.59. The normalized spacial score (nSPS) is 20.9. The molecule has 1 fully saturated rings. The third-order valence-corrected chi connectivity index (χ3v) is 2.59. The summed E-state index contributed by atoms with van der Waals surface area (Å²) in [6.45, 7) is 9.29. The molecule has 0 saturated carbocycles. The number of ether oxygens (including phenoxy) is 1. The van der Waals surface area contributed by atoms with Gasteiger partial charge in [0.1, 0.15) is 6.04 Å². The van der Waals surface area contributed by atoms with E-state index in [1.165, 1.54) is 4.90 Å². The molecule has 1 aliphatic heterocycles. The van der Waals surface area contributed by atoms with Crippen molar-refractivity contribution in [3.63, 3.8) is 0 Å². The van der Waals surface area contributed by atoms with E-state index in [0.717, 1.165) is 0 Å². The van der Waals surface area contributed by atoms with Gasteiger partial charge in [-0.05, 0) is 13.3 Å². The molecule has 0 aromatic heterocycles. The first-order chi connectivity index (χ1) is 7.65. The molecule has 0 aromatic rings. The van der Waals surface area contributed by atoms with Crippen LogP contribution in [0.3, 0.4) is 0 Å². The molecule has 1 aliphatic rings. The first-order valence-corrected chi connectivity index (χ1v) is 5.36. The van der Waals surface area contributed by atoms with E-state index in [1.54, 1.807) is 19.1 Å². The molecule has 2 atom stereocenters. The molecule has 2 unspecified atom stereocenters. The molecule has 1 rings (SSSR count). The number of carbonyl (C=O) groups excluding carboxylic acids is 2. The van der Waals surface area contributed by atoms with Gasteiger partial charge in [0.05, 0.1) is 19.1 Å². The Labute approximate surface area is 95.6 Å². The van der Waals surface area contributed by atoms with Crippen molar-refractivity contribution in [1.82, 2.24) is 4.90 Å². The number of hydrogen-bond donors (Lipinski definition) is 0. The first kappa shape index (κ1) is 12.5. The highest BCUT2D eigenvalue weighted by Gasteiger charge is 2.42.